The molecule has 1 N–H and O–H groups in total. The van der Waals surface area contributed by atoms with E-state index in [1.807, 2.05) is 29.2 Å². The Balaban J connectivity index is 1.67. The highest BCUT2D eigenvalue weighted by molar-refractivity contribution is 5.89. The highest BCUT2D eigenvalue weighted by Gasteiger charge is 2.51. The quantitative estimate of drug-likeness (QED) is 0.868. The summed E-state index contributed by atoms with van der Waals surface area (Å²) in [5.41, 5.74) is 1.04. The van der Waals surface area contributed by atoms with Crippen molar-refractivity contribution in [2.75, 3.05) is 7.11 Å². The van der Waals surface area contributed by atoms with Gasteiger partial charge in [-0.2, -0.15) is 0 Å². The number of carbonyl (C=O) groups is 2. The Morgan fingerprint density at radius 3 is 2.38 bits per heavy atom. The van der Waals surface area contributed by atoms with Gasteiger partial charge in [-0.3, -0.25) is 9.59 Å². The fraction of sp³-hybridized carbons (Fsp3) is 0.500. The predicted molar refractivity (Wildman–Crippen MR) is 75.8 cm³/mol. The van der Waals surface area contributed by atoms with Crippen molar-refractivity contribution in [3.63, 3.8) is 0 Å². The summed E-state index contributed by atoms with van der Waals surface area (Å²) < 4.78 is 5.12. The van der Waals surface area contributed by atoms with Crippen LogP contribution in [0.25, 0.3) is 0 Å². The number of ether oxygens (including phenoxy) is 1. The summed E-state index contributed by atoms with van der Waals surface area (Å²) in [6.45, 7) is 0.552. The fourth-order valence-corrected chi connectivity index (χ4v) is 2.65. The van der Waals surface area contributed by atoms with Gasteiger partial charge in [-0.15, -0.1) is 0 Å². The second-order valence-corrected chi connectivity index (χ2v) is 5.83. The van der Waals surface area contributed by atoms with Crippen LogP contribution in [-0.4, -0.2) is 35.0 Å². The van der Waals surface area contributed by atoms with Gasteiger partial charge in [0.05, 0.1) is 18.9 Å². The Morgan fingerprint density at radius 2 is 1.90 bits per heavy atom. The number of benzene rings is 1. The molecular weight excluding hydrogens is 270 g/mol. The Bertz CT molecular complexity index is 550. The second-order valence-electron chi connectivity index (χ2n) is 5.83. The molecule has 1 aromatic rings. The van der Waals surface area contributed by atoms with E-state index in [4.69, 9.17) is 9.84 Å². The SMILES string of the molecule is COc1ccc(CN(C(=O)C2CC2C(=O)O)C2CC2)cc1. The zero-order valence-electron chi connectivity index (χ0n) is 12.0. The van der Waals surface area contributed by atoms with Crippen LogP contribution in [0.2, 0.25) is 0 Å². The molecule has 5 heteroatoms. The van der Waals surface area contributed by atoms with E-state index >= 15 is 0 Å². The zero-order chi connectivity index (χ0) is 15.0. The smallest absolute Gasteiger partial charge is 0.307 e. The third kappa shape index (κ3) is 3.01. The maximum Gasteiger partial charge on any atom is 0.307 e. The standard InChI is InChI=1S/C16H19NO4/c1-21-12-6-2-10(3-7-12)9-17(11-4-5-11)15(18)13-8-14(13)16(19)20/h2-3,6-7,11,13-14H,4-5,8-9H2,1H3,(H,19,20). The number of hydrogen-bond donors (Lipinski definition) is 1. The summed E-state index contributed by atoms with van der Waals surface area (Å²) in [6, 6.07) is 7.94. The molecule has 0 aromatic heterocycles. The maximum absolute atomic E-state index is 12.5. The lowest BCUT2D eigenvalue weighted by Gasteiger charge is -2.23. The van der Waals surface area contributed by atoms with Gasteiger partial charge >= 0.3 is 5.97 Å². The summed E-state index contributed by atoms with van der Waals surface area (Å²) in [5.74, 6) is -0.860. The molecule has 21 heavy (non-hydrogen) atoms. The molecule has 2 aliphatic rings. The minimum Gasteiger partial charge on any atom is -0.497 e. The molecule has 0 spiro atoms. The number of carboxylic acid groups (broad SMARTS) is 1. The Morgan fingerprint density at radius 1 is 1.24 bits per heavy atom. The summed E-state index contributed by atoms with van der Waals surface area (Å²) in [6.07, 6.45) is 2.53. The van der Waals surface area contributed by atoms with E-state index in [-0.39, 0.29) is 17.9 Å². The minimum absolute atomic E-state index is 0.000665. The lowest BCUT2D eigenvalue weighted by molar-refractivity contribution is -0.142. The molecule has 2 fully saturated rings. The molecular formula is C16H19NO4. The molecule has 0 saturated heterocycles. The number of amides is 1. The van der Waals surface area contributed by atoms with E-state index in [1.54, 1.807) is 7.11 Å². The number of hydrogen-bond acceptors (Lipinski definition) is 3. The Labute approximate surface area is 123 Å². The van der Waals surface area contributed by atoms with Crippen LogP contribution in [-0.2, 0) is 16.1 Å². The van der Waals surface area contributed by atoms with Gasteiger partial charge in [0.2, 0.25) is 5.91 Å². The van der Waals surface area contributed by atoms with Crippen LogP contribution in [0.1, 0.15) is 24.8 Å². The third-order valence-electron chi connectivity index (χ3n) is 4.21. The van der Waals surface area contributed by atoms with Crippen molar-refractivity contribution in [2.24, 2.45) is 11.8 Å². The van der Waals surface area contributed by atoms with Crippen LogP contribution < -0.4 is 4.74 Å². The van der Waals surface area contributed by atoms with Gasteiger partial charge in [0, 0.05) is 12.6 Å². The van der Waals surface area contributed by atoms with Crippen molar-refractivity contribution in [1.82, 2.24) is 4.90 Å². The van der Waals surface area contributed by atoms with Crippen LogP contribution in [0.4, 0.5) is 0 Å². The number of methoxy groups -OCH3 is 1. The third-order valence-corrected chi connectivity index (χ3v) is 4.21. The van der Waals surface area contributed by atoms with E-state index in [2.05, 4.69) is 0 Å². The number of aliphatic carboxylic acids is 1. The Hall–Kier alpha value is -2.04. The summed E-state index contributed by atoms with van der Waals surface area (Å²) >= 11 is 0. The average Bonchev–Trinajstić information content (AvgIpc) is 3.37. The molecule has 3 rings (SSSR count). The molecule has 0 radical (unpaired) electrons. The number of carboxylic acids is 1. The molecule has 1 amide bonds. The molecule has 112 valence electrons. The monoisotopic (exact) mass is 289 g/mol. The first-order chi connectivity index (χ1) is 10.1. The minimum atomic E-state index is -0.853. The molecule has 2 atom stereocenters. The lowest BCUT2D eigenvalue weighted by atomic mass is 10.2. The fourth-order valence-electron chi connectivity index (χ4n) is 2.65. The summed E-state index contributed by atoms with van der Waals surface area (Å²) in [5, 5.41) is 8.97. The van der Waals surface area contributed by atoms with E-state index in [0.717, 1.165) is 24.2 Å². The molecule has 2 aliphatic carbocycles. The summed E-state index contributed by atoms with van der Waals surface area (Å²) in [7, 11) is 1.62. The van der Waals surface area contributed by atoms with E-state index in [1.165, 1.54) is 0 Å². The zero-order valence-corrected chi connectivity index (χ0v) is 12.0. The summed E-state index contributed by atoms with van der Waals surface area (Å²) in [4.78, 5) is 25.3. The van der Waals surface area contributed by atoms with Crippen molar-refractivity contribution in [3.05, 3.63) is 29.8 Å². The predicted octanol–water partition coefficient (Wildman–Crippen LogP) is 1.91. The number of rotatable bonds is 6. The molecule has 2 unspecified atom stereocenters. The van der Waals surface area contributed by atoms with Crippen LogP contribution in [0.15, 0.2) is 24.3 Å². The molecule has 1 aromatic carbocycles. The van der Waals surface area contributed by atoms with Gasteiger partial charge in [0.1, 0.15) is 5.75 Å². The molecule has 2 saturated carbocycles. The van der Waals surface area contributed by atoms with Crippen molar-refractivity contribution in [2.45, 2.75) is 31.8 Å². The number of nitrogens with zero attached hydrogens (tertiary/aromatic N) is 1. The van der Waals surface area contributed by atoms with Crippen molar-refractivity contribution >= 4 is 11.9 Å². The lowest BCUT2D eigenvalue weighted by Crippen LogP contribution is -2.34. The van der Waals surface area contributed by atoms with Gasteiger partial charge in [-0.1, -0.05) is 12.1 Å². The molecule has 5 nitrogen and oxygen atoms in total. The normalized spacial score (nSPS) is 23.5. The second kappa shape index (κ2) is 5.39. The van der Waals surface area contributed by atoms with Gasteiger partial charge < -0.3 is 14.7 Å². The van der Waals surface area contributed by atoms with Crippen molar-refractivity contribution < 1.29 is 19.4 Å². The van der Waals surface area contributed by atoms with Gasteiger partial charge in [0.25, 0.3) is 0 Å². The topological polar surface area (TPSA) is 66.8 Å². The van der Waals surface area contributed by atoms with Crippen LogP contribution >= 0.6 is 0 Å². The molecule has 0 bridgehead atoms. The first kappa shape index (κ1) is 13.9. The maximum atomic E-state index is 12.5. The van der Waals surface area contributed by atoms with Gasteiger partial charge in [0.15, 0.2) is 0 Å². The van der Waals surface area contributed by atoms with Crippen molar-refractivity contribution in [1.29, 1.82) is 0 Å². The van der Waals surface area contributed by atoms with Crippen molar-refractivity contribution in [3.8, 4) is 5.75 Å². The highest BCUT2D eigenvalue weighted by Crippen LogP contribution is 2.42. The molecule has 0 aliphatic heterocycles. The first-order valence-corrected chi connectivity index (χ1v) is 7.26. The van der Waals surface area contributed by atoms with Crippen LogP contribution in [0.3, 0.4) is 0 Å². The van der Waals surface area contributed by atoms with E-state index in [9.17, 15) is 9.59 Å². The van der Waals surface area contributed by atoms with Gasteiger partial charge in [-0.05, 0) is 37.0 Å². The highest BCUT2D eigenvalue weighted by atomic mass is 16.5. The number of carbonyl (C=O) groups excluding carboxylic acids is 1. The van der Waals surface area contributed by atoms with Crippen LogP contribution in [0, 0.1) is 11.8 Å². The Kier molecular flexibility index (Phi) is 3.57. The largest absolute Gasteiger partial charge is 0.497 e. The van der Waals surface area contributed by atoms with Crippen LogP contribution in [0.5, 0.6) is 5.75 Å². The van der Waals surface area contributed by atoms with Gasteiger partial charge in [-0.25, -0.2) is 0 Å². The first-order valence-electron chi connectivity index (χ1n) is 7.26. The van der Waals surface area contributed by atoms with E-state index in [0.29, 0.717) is 13.0 Å². The van der Waals surface area contributed by atoms with E-state index < -0.39 is 11.9 Å². The average molecular weight is 289 g/mol. The molecule has 0 heterocycles.